The van der Waals surface area contributed by atoms with Gasteiger partial charge in [0.25, 0.3) is 0 Å². The Balaban J connectivity index is 1.45. The standard InChI is InChI=1S/C34H38Br2N6S4Si/c1-5-9-11-19(7-3)17-47(18-20(8-4)12-10-6-2)25-13-23(21-15-38-34(36)31-27(21)39-45-42-31)43-32(25)33-26(47)14-24(44-33)29-30-28(40-46-41-30)22(35)16-37-29/h13-16,19-20H,5-12,17-18H2,1-4H3. The Hall–Kier alpha value is -1.48. The lowest BCUT2D eigenvalue weighted by Gasteiger charge is -2.35. The predicted molar refractivity (Wildman–Crippen MR) is 213 cm³/mol. The summed E-state index contributed by atoms with van der Waals surface area (Å²) in [6.45, 7) is 9.50. The van der Waals surface area contributed by atoms with Crippen LogP contribution in [-0.4, -0.2) is 35.5 Å². The van der Waals surface area contributed by atoms with Gasteiger partial charge in [-0.2, -0.15) is 17.5 Å². The van der Waals surface area contributed by atoms with Crippen LogP contribution in [0.4, 0.5) is 0 Å². The van der Waals surface area contributed by atoms with Gasteiger partial charge in [-0.3, -0.25) is 4.98 Å². The average Bonchev–Trinajstić information content (AvgIpc) is 3.91. The molecule has 0 saturated heterocycles. The van der Waals surface area contributed by atoms with Crippen LogP contribution in [-0.2, 0) is 0 Å². The highest BCUT2D eigenvalue weighted by Gasteiger charge is 2.50. The van der Waals surface area contributed by atoms with E-state index >= 15 is 0 Å². The first-order chi connectivity index (χ1) is 22.9. The van der Waals surface area contributed by atoms with Gasteiger partial charge >= 0.3 is 0 Å². The summed E-state index contributed by atoms with van der Waals surface area (Å²) in [7, 11) is -2.20. The number of fused-ring (bicyclic) bond motifs is 5. The van der Waals surface area contributed by atoms with Crippen molar-refractivity contribution in [3.8, 4) is 30.8 Å². The summed E-state index contributed by atoms with van der Waals surface area (Å²) in [6, 6.07) is 7.75. The van der Waals surface area contributed by atoms with Gasteiger partial charge in [0.05, 0.1) is 32.8 Å². The smallest absolute Gasteiger partial charge is 0.138 e. The molecule has 2 unspecified atom stereocenters. The van der Waals surface area contributed by atoms with Gasteiger partial charge in [0.15, 0.2) is 0 Å². The summed E-state index contributed by atoms with van der Waals surface area (Å²) in [5.74, 6) is 1.44. The lowest BCUT2D eigenvalue weighted by molar-refractivity contribution is 0.469. The van der Waals surface area contributed by atoms with Crippen molar-refractivity contribution in [2.24, 2.45) is 11.8 Å². The molecule has 0 aromatic carbocycles. The molecule has 2 atom stereocenters. The van der Waals surface area contributed by atoms with Gasteiger partial charge in [0.2, 0.25) is 0 Å². The normalized spacial score (nSPS) is 17.1. The van der Waals surface area contributed by atoms with E-state index in [9.17, 15) is 0 Å². The molecule has 0 aliphatic carbocycles. The summed E-state index contributed by atoms with van der Waals surface area (Å²) in [4.78, 5) is 15.1. The van der Waals surface area contributed by atoms with Crippen molar-refractivity contribution in [2.75, 3.05) is 0 Å². The van der Waals surface area contributed by atoms with Crippen LogP contribution in [0, 0.1) is 11.8 Å². The number of rotatable bonds is 14. The van der Waals surface area contributed by atoms with E-state index in [1.54, 1.807) is 10.4 Å². The molecule has 0 radical (unpaired) electrons. The maximum atomic E-state index is 4.95. The third-order valence-electron chi connectivity index (χ3n) is 10.1. The van der Waals surface area contributed by atoms with E-state index in [1.807, 2.05) is 35.1 Å². The molecule has 7 rings (SSSR count). The number of halogens is 2. The molecule has 0 bridgehead atoms. The monoisotopic (exact) mass is 844 g/mol. The van der Waals surface area contributed by atoms with Gasteiger partial charge in [-0.05, 0) is 78.3 Å². The van der Waals surface area contributed by atoms with Crippen molar-refractivity contribution in [3.63, 3.8) is 0 Å². The number of hydrogen-bond donors (Lipinski definition) is 0. The Morgan fingerprint density at radius 1 is 0.681 bits per heavy atom. The zero-order valence-electron chi connectivity index (χ0n) is 27.1. The van der Waals surface area contributed by atoms with Gasteiger partial charge in [0.1, 0.15) is 40.4 Å². The van der Waals surface area contributed by atoms with Crippen LogP contribution in [0.5, 0.6) is 0 Å². The molecule has 6 aromatic rings. The lowest BCUT2D eigenvalue weighted by Crippen LogP contribution is -2.56. The molecule has 7 heterocycles. The topological polar surface area (TPSA) is 77.3 Å². The first-order valence-corrected chi connectivity index (χ1v) is 23.8. The minimum absolute atomic E-state index is 0.722. The predicted octanol–water partition coefficient (Wildman–Crippen LogP) is 11.4. The SMILES string of the molecule is CCCCC(CC)C[Si]1(CC(CC)CCCC)c2cc(-c3cnc(Br)c4nsnc34)sc2-c2sc(-c3ncc(Br)c4nsnc34)cc21. The molecule has 0 fully saturated rings. The quantitative estimate of drug-likeness (QED) is 0.0803. The van der Waals surface area contributed by atoms with Crippen LogP contribution in [0.15, 0.2) is 33.6 Å². The van der Waals surface area contributed by atoms with Gasteiger partial charge in [0, 0.05) is 32.6 Å². The van der Waals surface area contributed by atoms with Crippen molar-refractivity contribution in [1.82, 2.24) is 27.5 Å². The second kappa shape index (κ2) is 14.4. The van der Waals surface area contributed by atoms with Crippen LogP contribution < -0.4 is 10.4 Å². The highest BCUT2D eigenvalue weighted by molar-refractivity contribution is 9.11. The van der Waals surface area contributed by atoms with Crippen LogP contribution in [0.25, 0.3) is 52.8 Å². The minimum Gasteiger partial charge on any atom is -0.252 e. The second-order valence-corrected chi connectivity index (χ2v) is 21.7. The fourth-order valence-electron chi connectivity index (χ4n) is 7.47. The van der Waals surface area contributed by atoms with Crippen LogP contribution >= 0.6 is 78.0 Å². The van der Waals surface area contributed by atoms with E-state index in [0.717, 1.165) is 54.2 Å². The molecule has 246 valence electrons. The molecule has 13 heteroatoms. The van der Waals surface area contributed by atoms with Gasteiger partial charge < -0.3 is 0 Å². The Kier molecular flexibility index (Phi) is 10.4. The zero-order chi connectivity index (χ0) is 32.7. The number of nitrogens with zero attached hydrogens (tertiary/aromatic N) is 6. The fourth-order valence-corrected chi connectivity index (χ4v) is 20.0. The number of pyridine rings is 2. The highest BCUT2D eigenvalue weighted by atomic mass is 79.9. The molecular weight excluding hydrogens is 809 g/mol. The number of hydrogen-bond acceptors (Lipinski definition) is 10. The number of unbranched alkanes of at least 4 members (excludes halogenated alkanes) is 2. The van der Waals surface area contributed by atoms with Gasteiger partial charge in [-0.15, -0.1) is 22.7 Å². The Morgan fingerprint density at radius 2 is 1.26 bits per heavy atom. The lowest BCUT2D eigenvalue weighted by atomic mass is 10.0. The maximum absolute atomic E-state index is 4.95. The van der Waals surface area contributed by atoms with Crippen LogP contribution in [0.2, 0.25) is 12.1 Å². The van der Waals surface area contributed by atoms with Crippen molar-refractivity contribution in [2.45, 2.75) is 91.1 Å². The summed E-state index contributed by atoms with van der Waals surface area (Å²) in [5, 5.41) is 3.30. The third kappa shape index (κ3) is 6.14. The van der Waals surface area contributed by atoms with Crippen molar-refractivity contribution in [3.05, 3.63) is 33.6 Å². The second-order valence-electron chi connectivity index (χ2n) is 12.9. The van der Waals surface area contributed by atoms with Crippen molar-refractivity contribution in [1.29, 1.82) is 0 Å². The zero-order valence-corrected chi connectivity index (χ0v) is 34.5. The van der Waals surface area contributed by atoms with Gasteiger partial charge in [-0.25, -0.2) is 4.98 Å². The summed E-state index contributed by atoms with van der Waals surface area (Å²) in [6.07, 6.45) is 14.1. The molecular formula is C34H38Br2N6S4Si. The number of aromatic nitrogens is 6. The highest BCUT2D eigenvalue weighted by Crippen LogP contribution is 2.49. The van der Waals surface area contributed by atoms with E-state index in [-0.39, 0.29) is 0 Å². The molecule has 0 spiro atoms. The Bertz CT molecular complexity index is 1890. The maximum Gasteiger partial charge on any atom is 0.138 e. The van der Waals surface area contributed by atoms with Crippen molar-refractivity contribution < 1.29 is 0 Å². The van der Waals surface area contributed by atoms with Crippen LogP contribution in [0.3, 0.4) is 0 Å². The largest absolute Gasteiger partial charge is 0.252 e. The Morgan fingerprint density at radius 3 is 1.89 bits per heavy atom. The van der Waals surface area contributed by atoms with E-state index in [0.29, 0.717) is 0 Å². The van der Waals surface area contributed by atoms with Gasteiger partial charge in [-0.1, -0.05) is 79.1 Å². The molecule has 0 saturated carbocycles. The molecule has 6 nitrogen and oxygen atoms in total. The molecule has 6 aromatic heterocycles. The van der Waals surface area contributed by atoms with E-state index in [1.165, 1.54) is 106 Å². The summed E-state index contributed by atoms with van der Waals surface area (Å²) < 4.78 is 20.3. The first-order valence-electron chi connectivity index (χ1n) is 16.7. The molecule has 0 amide bonds. The minimum atomic E-state index is -2.20. The average molecular weight is 847 g/mol. The molecule has 1 aliphatic rings. The number of thiophene rings is 2. The Labute approximate surface area is 310 Å². The van der Waals surface area contributed by atoms with E-state index in [4.69, 9.17) is 18.7 Å². The van der Waals surface area contributed by atoms with Crippen LogP contribution in [0.1, 0.15) is 79.1 Å². The molecule has 0 N–H and O–H groups in total. The van der Waals surface area contributed by atoms with Crippen molar-refractivity contribution >= 4 is 119 Å². The third-order valence-corrected chi connectivity index (χ3v) is 20.5. The first kappa shape index (κ1) is 34.0. The summed E-state index contributed by atoms with van der Waals surface area (Å²) >= 11 is 13.6. The fraction of sp³-hybridized carbons (Fsp3) is 0.471. The summed E-state index contributed by atoms with van der Waals surface area (Å²) in [5.41, 5.74) is 5.64. The van der Waals surface area contributed by atoms with E-state index in [2.05, 4.69) is 80.4 Å². The molecule has 1 aliphatic heterocycles. The molecule has 47 heavy (non-hydrogen) atoms. The van der Waals surface area contributed by atoms with E-state index < -0.39 is 8.07 Å².